The topological polar surface area (TPSA) is 37.3 Å². The van der Waals surface area contributed by atoms with Gasteiger partial charge in [-0.2, -0.15) is 0 Å². The molecular formula is C9H8ClFO2. The Balaban J connectivity index is 3.35. The molecule has 0 aliphatic rings. The molecule has 0 spiro atoms. The number of rotatable bonds is 2. The van der Waals surface area contributed by atoms with Crippen LogP contribution in [0.5, 0.6) is 0 Å². The molecular weight excluding hydrogens is 195 g/mol. The normalized spacial score (nSPS) is 10.1. The van der Waals surface area contributed by atoms with Gasteiger partial charge in [-0.15, -0.1) is 11.6 Å². The van der Waals surface area contributed by atoms with Crippen molar-refractivity contribution >= 4 is 17.6 Å². The van der Waals surface area contributed by atoms with Gasteiger partial charge in [0.15, 0.2) is 0 Å². The molecule has 0 fully saturated rings. The van der Waals surface area contributed by atoms with Gasteiger partial charge in [0.05, 0.1) is 11.4 Å². The van der Waals surface area contributed by atoms with Crippen LogP contribution < -0.4 is 0 Å². The van der Waals surface area contributed by atoms with Gasteiger partial charge in [-0.1, -0.05) is 6.07 Å². The zero-order valence-electron chi connectivity index (χ0n) is 6.97. The first-order chi connectivity index (χ1) is 6.06. The Hall–Kier alpha value is -1.09. The quantitative estimate of drug-likeness (QED) is 0.749. The van der Waals surface area contributed by atoms with Crippen molar-refractivity contribution in [2.75, 3.05) is 0 Å². The fourth-order valence-corrected chi connectivity index (χ4v) is 1.29. The van der Waals surface area contributed by atoms with Crippen molar-refractivity contribution in [3.63, 3.8) is 0 Å². The van der Waals surface area contributed by atoms with Crippen LogP contribution >= 0.6 is 11.6 Å². The summed E-state index contributed by atoms with van der Waals surface area (Å²) in [5, 5.41) is 8.63. The van der Waals surface area contributed by atoms with E-state index in [4.69, 9.17) is 16.7 Å². The highest BCUT2D eigenvalue weighted by molar-refractivity contribution is 6.17. The van der Waals surface area contributed by atoms with Gasteiger partial charge in [0, 0.05) is 5.56 Å². The molecule has 1 aromatic rings. The summed E-state index contributed by atoms with van der Waals surface area (Å²) in [7, 11) is 0. The summed E-state index contributed by atoms with van der Waals surface area (Å²) in [6, 6.07) is 2.82. The smallest absolute Gasteiger partial charge is 0.338 e. The largest absolute Gasteiger partial charge is 0.478 e. The number of carboxylic acid groups (broad SMARTS) is 1. The molecule has 1 rings (SSSR count). The average molecular weight is 203 g/mol. The van der Waals surface area contributed by atoms with E-state index in [1.807, 2.05) is 0 Å². The molecule has 0 heterocycles. The first-order valence-electron chi connectivity index (χ1n) is 3.64. The molecule has 0 aliphatic heterocycles. The predicted octanol–water partition coefficient (Wildman–Crippen LogP) is 2.57. The number of aryl methyl sites for hydroxylation is 1. The number of benzene rings is 1. The van der Waals surface area contributed by atoms with Crippen molar-refractivity contribution in [1.82, 2.24) is 0 Å². The van der Waals surface area contributed by atoms with Crippen LogP contribution in [0.1, 0.15) is 21.5 Å². The van der Waals surface area contributed by atoms with E-state index >= 15 is 0 Å². The first kappa shape index (κ1) is 9.99. The minimum atomic E-state index is -1.27. The molecule has 2 nitrogen and oxygen atoms in total. The second kappa shape index (κ2) is 3.75. The Morgan fingerprint density at radius 2 is 2.23 bits per heavy atom. The van der Waals surface area contributed by atoms with Crippen LogP contribution in [-0.2, 0) is 5.88 Å². The molecule has 4 heteroatoms. The van der Waals surface area contributed by atoms with Crippen LogP contribution in [0.2, 0.25) is 0 Å². The van der Waals surface area contributed by atoms with Crippen molar-refractivity contribution in [1.29, 1.82) is 0 Å². The van der Waals surface area contributed by atoms with Crippen LogP contribution in [0.15, 0.2) is 12.1 Å². The minimum Gasteiger partial charge on any atom is -0.478 e. The SMILES string of the molecule is Cc1cc(CCl)c(F)c(C(=O)O)c1. The summed E-state index contributed by atoms with van der Waals surface area (Å²) in [5.74, 6) is -2.03. The molecule has 13 heavy (non-hydrogen) atoms. The van der Waals surface area contributed by atoms with Gasteiger partial charge in [-0.05, 0) is 18.6 Å². The van der Waals surface area contributed by atoms with Gasteiger partial charge in [0.25, 0.3) is 0 Å². The van der Waals surface area contributed by atoms with E-state index in [9.17, 15) is 9.18 Å². The maximum atomic E-state index is 13.2. The van der Waals surface area contributed by atoms with E-state index in [0.29, 0.717) is 5.56 Å². The van der Waals surface area contributed by atoms with Crippen LogP contribution in [0.3, 0.4) is 0 Å². The van der Waals surface area contributed by atoms with Crippen LogP contribution in [0.4, 0.5) is 4.39 Å². The molecule has 0 atom stereocenters. The lowest BCUT2D eigenvalue weighted by atomic mass is 10.1. The summed E-state index contributed by atoms with van der Waals surface area (Å²) in [4.78, 5) is 10.6. The fourth-order valence-electron chi connectivity index (χ4n) is 1.10. The molecule has 0 unspecified atom stereocenters. The minimum absolute atomic E-state index is 0.0200. The zero-order valence-corrected chi connectivity index (χ0v) is 7.73. The summed E-state index contributed by atoms with van der Waals surface area (Å²) in [6.45, 7) is 1.70. The molecule has 0 saturated heterocycles. The second-order valence-corrected chi connectivity index (χ2v) is 2.99. The number of carboxylic acids is 1. The van der Waals surface area contributed by atoms with Gasteiger partial charge in [0.2, 0.25) is 0 Å². The Kier molecular flexibility index (Phi) is 2.88. The number of hydrogen-bond donors (Lipinski definition) is 1. The van der Waals surface area contributed by atoms with Crippen LogP contribution in [0, 0.1) is 12.7 Å². The van der Waals surface area contributed by atoms with Gasteiger partial charge in [-0.25, -0.2) is 9.18 Å². The Bertz CT molecular complexity index is 350. The highest BCUT2D eigenvalue weighted by atomic mass is 35.5. The Morgan fingerprint density at radius 3 is 2.69 bits per heavy atom. The van der Waals surface area contributed by atoms with Crippen molar-refractivity contribution in [3.05, 3.63) is 34.6 Å². The number of halogens is 2. The third-order valence-corrected chi connectivity index (χ3v) is 1.95. The molecule has 0 amide bonds. The van der Waals surface area contributed by atoms with Crippen molar-refractivity contribution in [2.24, 2.45) is 0 Å². The molecule has 1 aromatic carbocycles. The molecule has 70 valence electrons. The maximum absolute atomic E-state index is 13.2. The monoisotopic (exact) mass is 202 g/mol. The lowest BCUT2D eigenvalue weighted by Gasteiger charge is -2.04. The van der Waals surface area contributed by atoms with Crippen LogP contribution in [-0.4, -0.2) is 11.1 Å². The standard InChI is InChI=1S/C9H8ClFO2/c1-5-2-6(4-10)8(11)7(3-5)9(12)13/h2-3H,4H2,1H3,(H,12,13). The molecule has 0 aromatic heterocycles. The summed E-state index contributed by atoms with van der Waals surface area (Å²) < 4.78 is 13.2. The van der Waals surface area contributed by atoms with Crippen LogP contribution in [0.25, 0.3) is 0 Å². The van der Waals surface area contributed by atoms with Crippen molar-refractivity contribution in [2.45, 2.75) is 12.8 Å². The average Bonchev–Trinajstić information content (AvgIpc) is 2.08. The van der Waals surface area contributed by atoms with E-state index in [-0.39, 0.29) is 17.0 Å². The molecule has 0 aliphatic carbocycles. The maximum Gasteiger partial charge on any atom is 0.338 e. The highest BCUT2D eigenvalue weighted by Crippen LogP contribution is 2.17. The lowest BCUT2D eigenvalue weighted by molar-refractivity contribution is 0.0691. The second-order valence-electron chi connectivity index (χ2n) is 2.72. The van der Waals surface area contributed by atoms with E-state index in [1.54, 1.807) is 6.92 Å². The summed E-state index contributed by atoms with van der Waals surface area (Å²) >= 11 is 5.45. The number of aromatic carboxylic acids is 1. The van der Waals surface area contributed by atoms with E-state index in [0.717, 1.165) is 0 Å². The third kappa shape index (κ3) is 1.98. The van der Waals surface area contributed by atoms with Gasteiger partial charge < -0.3 is 5.11 Å². The first-order valence-corrected chi connectivity index (χ1v) is 4.18. The van der Waals surface area contributed by atoms with E-state index in [2.05, 4.69) is 0 Å². The Labute approximate surface area is 80.0 Å². The number of alkyl halides is 1. The van der Waals surface area contributed by atoms with Gasteiger partial charge in [-0.3, -0.25) is 0 Å². The fraction of sp³-hybridized carbons (Fsp3) is 0.222. The zero-order chi connectivity index (χ0) is 10.0. The third-order valence-electron chi connectivity index (χ3n) is 1.67. The van der Waals surface area contributed by atoms with E-state index in [1.165, 1.54) is 12.1 Å². The van der Waals surface area contributed by atoms with Gasteiger partial charge in [0.1, 0.15) is 5.82 Å². The Morgan fingerprint density at radius 1 is 1.62 bits per heavy atom. The molecule has 0 radical (unpaired) electrons. The molecule has 0 bridgehead atoms. The van der Waals surface area contributed by atoms with Crippen molar-refractivity contribution in [3.8, 4) is 0 Å². The van der Waals surface area contributed by atoms with Crippen molar-refractivity contribution < 1.29 is 14.3 Å². The molecule has 1 N–H and O–H groups in total. The predicted molar refractivity (Wildman–Crippen MR) is 47.7 cm³/mol. The van der Waals surface area contributed by atoms with E-state index < -0.39 is 11.8 Å². The number of carbonyl (C=O) groups is 1. The summed E-state index contributed by atoms with van der Waals surface area (Å²) in [6.07, 6.45) is 0. The van der Waals surface area contributed by atoms with Gasteiger partial charge >= 0.3 is 5.97 Å². The molecule has 0 saturated carbocycles. The highest BCUT2D eigenvalue weighted by Gasteiger charge is 2.14. The lowest BCUT2D eigenvalue weighted by Crippen LogP contribution is -2.03. The number of hydrogen-bond acceptors (Lipinski definition) is 1. The summed E-state index contributed by atoms with van der Waals surface area (Å²) in [5.41, 5.74) is 0.587.